The van der Waals surface area contributed by atoms with E-state index in [0.29, 0.717) is 19.8 Å². The first kappa shape index (κ1) is 16.5. The van der Waals surface area contributed by atoms with Gasteiger partial charge in [-0.05, 0) is 41.9 Å². The van der Waals surface area contributed by atoms with Crippen LogP contribution in [0.5, 0.6) is 0 Å². The van der Waals surface area contributed by atoms with Gasteiger partial charge in [0.15, 0.2) is 0 Å². The second-order valence-electron chi connectivity index (χ2n) is 7.90. The molecule has 1 amide bonds. The zero-order chi connectivity index (χ0) is 16.7. The number of carbonyl (C=O) groups excluding carboxylic acids is 1. The van der Waals surface area contributed by atoms with Crippen molar-refractivity contribution in [1.82, 2.24) is 0 Å². The van der Waals surface area contributed by atoms with Crippen LogP contribution < -0.4 is 10.6 Å². The first-order valence-corrected chi connectivity index (χ1v) is 8.61. The van der Waals surface area contributed by atoms with E-state index in [1.54, 1.807) is 0 Å². The number of amides is 1. The van der Waals surface area contributed by atoms with Crippen LogP contribution in [0.3, 0.4) is 0 Å². The van der Waals surface area contributed by atoms with Crippen LogP contribution in [0.25, 0.3) is 0 Å². The molecule has 2 N–H and O–H groups in total. The van der Waals surface area contributed by atoms with E-state index in [9.17, 15) is 4.79 Å². The minimum absolute atomic E-state index is 0.131. The summed E-state index contributed by atoms with van der Waals surface area (Å²) in [6.45, 7) is 9.10. The molecule has 0 bridgehead atoms. The Morgan fingerprint density at radius 2 is 2.00 bits per heavy atom. The fraction of sp³-hybridized carbons (Fsp3) is 0.632. The second kappa shape index (κ2) is 5.91. The second-order valence-corrected chi connectivity index (χ2v) is 7.90. The van der Waals surface area contributed by atoms with Crippen molar-refractivity contribution in [3.05, 3.63) is 29.3 Å². The molecular weight excluding hydrogens is 288 g/mol. The van der Waals surface area contributed by atoms with Crippen molar-refractivity contribution >= 4 is 11.6 Å². The number of hydrogen-bond donors (Lipinski definition) is 1. The number of fused-ring (bicyclic) bond motifs is 1. The zero-order valence-electron chi connectivity index (χ0n) is 14.5. The third kappa shape index (κ3) is 2.90. The highest BCUT2D eigenvalue weighted by Crippen LogP contribution is 2.38. The summed E-state index contributed by atoms with van der Waals surface area (Å²) in [5.74, 6) is 0.186. The lowest BCUT2D eigenvalue weighted by Gasteiger charge is -2.37. The number of anilines is 1. The van der Waals surface area contributed by atoms with Gasteiger partial charge >= 0.3 is 0 Å². The Hall–Kier alpha value is -1.39. The summed E-state index contributed by atoms with van der Waals surface area (Å²) < 4.78 is 5.44. The number of nitrogens with zero attached hydrogens (tertiary/aromatic N) is 1. The van der Waals surface area contributed by atoms with Crippen molar-refractivity contribution in [3.8, 4) is 0 Å². The van der Waals surface area contributed by atoms with E-state index in [1.807, 2.05) is 4.90 Å². The van der Waals surface area contributed by atoms with Crippen LogP contribution in [-0.2, 0) is 21.4 Å². The molecule has 0 unspecified atom stereocenters. The summed E-state index contributed by atoms with van der Waals surface area (Å²) >= 11 is 0. The quantitative estimate of drug-likeness (QED) is 0.912. The molecule has 0 aromatic heterocycles. The van der Waals surface area contributed by atoms with Crippen LogP contribution in [0.15, 0.2) is 18.2 Å². The summed E-state index contributed by atoms with van der Waals surface area (Å²) in [4.78, 5) is 15.1. The number of carbonyl (C=O) groups is 1. The summed E-state index contributed by atoms with van der Waals surface area (Å²) in [6.07, 6.45) is 2.39. The molecule has 1 saturated heterocycles. The monoisotopic (exact) mass is 316 g/mol. The Morgan fingerprint density at radius 1 is 1.30 bits per heavy atom. The van der Waals surface area contributed by atoms with Gasteiger partial charge in [0.25, 0.3) is 0 Å². The molecule has 3 rings (SSSR count). The van der Waals surface area contributed by atoms with Gasteiger partial charge < -0.3 is 15.4 Å². The van der Waals surface area contributed by atoms with Gasteiger partial charge in [0.05, 0.1) is 5.41 Å². The summed E-state index contributed by atoms with van der Waals surface area (Å²) in [5.41, 5.74) is 9.37. The number of ether oxygens (including phenoxy) is 1. The van der Waals surface area contributed by atoms with Crippen molar-refractivity contribution in [2.45, 2.75) is 45.4 Å². The maximum absolute atomic E-state index is 13.2. The first-order chi connectivity index (χ1) is 10.9. The topological polar surface area (TPSA) is 55.6 Å². The van der Waals surface area contributed by atoms with Crippen LogP contribution in [0, 0.1) is 5.41 Å². The molecule has 0 radical (unpaired) electrons. The van der Waals surface area contributed by atoms with Gasteiger partial charge in [0.1, 0.15) is 0 Å². The fourth-order valence-electron chi connectivity index (χ4n) is 3.63. The molecule has 2 aliphatic heterocycles. The Bertz CT molecular complexity index is 598. The Kier molecular flexibility index (Phi) is 4.23. The molecule has 0 atom stereocenters. The first-order valence-electron chi connectivity index (χ1n) is 8.61. The summed E-state index contributed by atoms with van der Waals surface area (Å²) in [7, 11) is 0. The van der Waals surface area contributed by atoms with E-state index in [4.69, 9.17) is 10.5 Å². The molecule has 0 aliphatic carbocycles. The average molecular weight is 316 g/mol. The lowest BCUT2D eigenvalue weighted by atomic mass is 9.79. The molecular formula is C19H28N2O2. The van der Waals surface area contributed by atoms with Crippen LogP contribution in [-0.4, -0.2) is 32.2 Å². The maximum atomic E-state index is 13.2. The van der Waals surface area contributed by atoms with Gasteiger partial charge in [-0.2, -0.15) is 0 Å². The molecule has 4 heteroatoms. The standard InChI is InChI=1S/C19H28N2O2/c1-18(2,3)15-4-5-16-14(12-15)6-9-21(16)17(22)19(13-20)7-10-23-11-8-19/h4-5,12H,6-11,13,20H2,1-3H3. The summed E-state index contributed by atoms with van der Waals surface area (Å²) in [5, 5.41) is 0. The highest BCUT2D eigenvalue weighted by molar-refractivity contribution is 5.99. The normalized spacial score (nSPS) is 20.4. The predicted molar refractivity (Wildman–Crippen MR) is 92.7 cm³/mol. The van der Waals surface area contributed by atoms with Crippen LogP contribution in [0.1, 0.15) is 44.7 Å². The SMILES string of the molecule is CC(C)(C)c1ccc2c(c1)CCN2C(=O)C1(CN)CCOCC1. The molecule has 2 aliphatic rings. The third-order valence-electron chi connectivity index (χ3n) is 5.38. The minimum atomic E-state index is -0.442. The maximum Gasteiger partial charge on any atom is 0.234 e. The molecule has 1 aromatic rings. The van der Waals surface area contributed by atoms with Crippen LogP contribution in [0.2, 0.25) is 0 Å². The molecule has 2 heterocycles. The summed E-state index contributed by atoms with van der Waals surface area (Å²) in [6, 6.07) is 6.54. The highest BCUT2D eigenvalue weighted by Gasteiger charge is 2.43. The number of nitrogens with two attached hydrogens (primary N) is 1. The van der Waals surface area contributed by atoms with Crippen molar-refractivity contribution in [3.63, 3.8) is 0 Å². The third-order valence-corrected chi connectivity index (χ3v) is 5.38. The highest BCUT2D eigenvalue weighted by atomic mass is 16.5. The molecule has 23 heavy (non-hydrogen) atoms. The van der Waals surface area contributed by atoms with Gasteiger partial charge in [-0.1, -0.05) is 32.9 Å². The Morgan fingerprint density at radius 3 is 2.61 bits per heavy atom. The number of rotatable bonds is 2. The number of hydrogen-bond acceptors (Lipinski definition) is 3. The van der Waals surface area contributed by atoms with Crippen molar-refractivity contribution in [2.75, 3.05) is 31.2 Å². The van der Waals surface area contributed by atoms with Gasteiger partial charge in [0, 0.05) is 32.0 Å². The molecule has 4 nitrogen and oxygen atoms in total. The van der Waals surface area contributed by atoms with Gasteiger partial charge in [-0.3, -0.25) is 4.79 Å². The van der Waals surface area contributed by atoms with E-state index in [2.05, 4.69) is 39.0 Å². The van der Waals surface area contributed by atoms with Gasteiger partial charge in [-0.25, -0.2) is 0 Å². The van der Waals surface area contributed by atoms with Crippen molar-refractivity contribution in [1.29, 1.82) is 0 Å². The Labute approximate surface area is 139 Å². The minimum Gasteiger partial charge on any atom is -0.381 e. The lowest BCUT2D eigenvalue weighted by molar-refractivity contribution is -0.132. The number of benzene rings is 1. The van der Waals surface area contributed by atoms with E-state index in [-0.39, 0.29) is 11.3 Å². The van der Waals surface area contributed by atoms with Crippen molar-refractivity contribution in [2.24, 2.45) is 11.1 Å². The average Bonchev–Trinajstić information content (AvgIpc) is 2.97. The smallest absolute Gasteiger partial charge is 0.234 e. The fourth-order valence-corrected chi connectivity index (χ4v) is 3.63. The van der Waals surface area contributed by atoms with E-state index < -0.39 is 5.41 Å². The van der Waals surface area contributed by atoms with Crippen LogP contribution >= 0.6 is 0 Å². The Balaban J connectivity index is 1.88. The van der Waals surface area contributed by atoms with Gasteiger partial charge in [-0.15, -0.1) is 0 Å². The predicted octanol–water partition coefficient (Wildman–Crippen LogP) is 2.63. The molecule has 0 spiro atoms. The molecule has 126 valence electrons. The molecule has 1 fully saturated rings. The zero-order valence-corrected chi connectivity index (χ0v) is 14.5. The van der Waals surface area contributed by atoms with Gasteiger partial charge in [0.2, 0.25) is 5.91 Å². The van der Waals surface area contributed by atoms with Crippen molar-refractivity contribution < 1.29 is 9.53 Å². The molecule has 1 aromatic carbocycles. The van der Waals surface area contributed by atoms with E-state index in [0.717, 1.165) is 31.5 Å². The lowest BCUT2D eigenvalue weighted by Crippen LogP contribution is -2.50. The largest absolute Gasteiger partial charge is 0.381 e. The molecule has 0 saturated carbocycles. The van der Waals surface area contributed by atoms with Crippen LogP contribution in [0.4, 0.5) is 5.69 Å². The van der Waals surface area contributed by atoms with E-state index in [1.165, 1.54) is 11.1 Å². The van der Waals surface area contributed by atoms with E-state index >= 15 is 0 Å².